The molecule has 56 heavy (non-hydrogen) atoms. The topological polar surface area (TPSA) is 143 Å². The van der Waals surface area contributed by atoms with Gasteiger partial charge in [0.2, 0.25) is 5.91 Å². The number of nitrogens with zero attached hydrogens (tertiary/aromatic N) is 1. The van der Waals surface area contributed by atoms with Crippen molar-refractivity contribution in [1.29, 1.82) is 0 Å². The second-order valence-electron chi connectivity index (χ2n) is 14.3. The predicted molar refractivity (Wildman–Crippen MR) is 209 cm³/mol. The molecule has 6 N–H and O–H groups in total. The molecule has 0 aromatic heterocycles. The second kappa shape index (κ2) is 18.8. The summed E-state index contributed by atoms with van der Waals surface area (Å²) >= 11 is 0. The average Bonchev–Trinajstić information content (AvgIpc) is 3.22. The molecule has 1 amide bonds. The van der Waals surface area contributed by atoms with Gasteiger partial charge in [0, 0.05) is 18.8 Å². The lowest BCUT2D eigenvalue weighted by atomic mass is 9.78. The number of amides is 1. The highest BCUT2D eigenvalue weighted by molar-refractivity contribution is 6.03. The Hall–Kier alpha value is -5.01. The van der Waals surface area contributed by atoms with Gasteiger partial charge in [0.15, 0.2) is 0 Å². The van der Waals surface area contributed by atoms with Gasteiger partial charge >= 0.3 is 0 Å². The van der Waals surface area contributed by atoms with Crippen LogP contribution in [0.25, 0.3) is 11.1 Å². The minimum atomic E-state index is -1.46. The summed E-state index contributed by atoms with van der Waals surface area (Å²) in [6.07, 6.45) is -5.06. The van der Waals surface area contributed by atoms with Crippen molar-refractivity contribution in [3.05, 3.63) is 155 Å². The fraction of sp³-hybridized carbons (Fsp3) is 0.311. The van der Waals surface area contributed by atoms with E-state index in [4.69, 9.17) is 4.74 Å². The quantitative estimate of drug-likeness (QED) is 0.0566. The van der Waals surface area contributed by atoms with E-state index in [0.29, 0.717) is 43.0 Å². The Morgan fingerprint density at radius 2 is 1.25 bits per heavy atom. The number of rotatable bonds is 18. The molecule has 1 fully saturated rings. The third-order valence-corrected chi connectivity index (χ3v) is 10.4. The number of aliphatic hydroxyl groups excluding tert-OH is 5. The Bertz CT molecular complexity index is 2000. The smallest absolute Gasteiger partial charge is 0.233 e. The van der Waals surface area contributed by atoms with Crippen molar-refractivity contribution in [2.45, 2.75) is 75.9 Å². The lowest BCUT2D eigenvalue weighted by Gasteiger charge is -2.48. The summed E-state index contributed by atoms with van der Waals surface area (Å²) in [5, 5.41) is 53.7. The number of carbonyl (C=O) groups excluding carboxylic acids is 1. The van der Waals surface area contributed by atoms with Crippen molar-refractivity contribution < 1.29 is 43.8 Å². The number of benzene rings is 5. The molecule has 294 valence electrons. The minimum Gasteiger partial charge on any atom is -0.489 e. The molecular weight excluding hydrogens is 718 g/mol. The van der Waals surface area contributed by atoms with Gasteiger partial charge in [0.1, 0.15) is 36.2 Å². The third kappa shape index (κ3) is 9.86. The molecule has 0 saturated carbocycles. The molecule has 0 spiro atoms. The Morgan fingerprint density at radius 3 is 1.84 bits per heavy atom. The molecule has 0 bridgehead atoms. The summed E-state index contributed by atoms with van der Waals surface area (Å²) in [6, 6.07) is 34.7. The van der Waals surface area contributed by atoms with Crippen LogP contribution in [0.4, 0.5) is 14.5 Å². The number of halogens is 2. The van der Waals surface area contributed by atoms with Gasteiger partial charge in [-0.1, -0.05) is 79.7 Å². The van der Waals surface area contributed by atoms with Crippen LogP contribution in [0, 0.1) is 17.6 Å². The monoisotopic (exact) mass is 766 g/mol. The van der Waals surface area contributed by atoms with Crippen LogP contribution in [-0.2, 0) is 17.9 Å². The van der Waals surface area contributed by atoms with Crippen LogP contribution < -0.4 is 15.0 Å². The number of carbonyl (C=O) groups is 1. The Labute approximate surface area is 325 Å². The number of anilines is 1. The van der Waals surface area contributed by atoms with Gasteiger partial charge in [-0.2, -0.15) is 0 Å². The number of nitrogens with one attached hydrogen (secondary N) is 1. The molecule has 1 heterocycles. The molecule has 5 aromatic rings. The van der Waals surface area contributed by atoms with E-state index in [9.17, 15) is 39.1 Å². The average molecular weight is 767 g/mol. The van der Waals surface area contributed by atoms with Crippen LogP contribution in [0.5, 0.6) is 5.75 Å². The van der Waals surface area contributed by atoms with E-state index in [2.05, 4.69) is 5.32 Å². The fourth-order valence-corrected chi connectivity index (χ4v) is 7.01. The maximum absolute atomic E-state index is 13.7. The molecule has 0 aliphatic carbocycles. The molecule has 1 aliphatic rings. The Balaban J connectivity index is 1.02. The molecule has 7 atom stereocenters. The van der Waals surface area contributed by atoms with Gasteiger partial charge in [-0.05, 0) is 101 Å². The summed E-state index contributed by atoms with van der Waals surface area (Å²) < 4.78 is 33.2. The van der Waals surface area contributed by atoms with Crippen LogP contribution in [0.2, 0.25) is 0 Å². The minimum absolute atomic E-state index is 0.0507. The van der Waals surface area contributed by atoms with Crippen LogP contribution in [0.15, 0.2) is 121 Å². The van der Waals surface area contributed by atoms with Crippen LogP contribution >= 0.6 is 0 Å². The molecule has 0 radical (unpaired) electrons. The number of ether oxygens (including phenoxy) is 1. The molecule has 6 rings (SSSR count). The largest absolute Gasteiger partial charge is 0.489 e. The van der Waals surface area contributed by atoms with Crippen molar-refractivity contribution in [3.8, 4) is 16.9 Å². The van der Waals surface area contributed by atoms with E-state index in [0.717, 1.165) is 27.8 Å². The van der Waals surface area contributed by atoms with Crippen LogP contribution in [0.3, 0.4) is 0 Å². The van der Waals surface area contributed by atoms with E-state index in [-0.39, 0.29) is 30.7 Å². The normalized spacial score (nSPS) is 18.1. The van der Waals surface area contributed by atoms with E-state index in [1.807, 2.05) is 72.8 Å². The number of aliphatic hydroxyl groups is 5. The van der Waals surface area contributed by atoms with E-state index in [1.165, 1.54) is 24.3 Å². The van der Waals surface area contributed by atoms with Crippen molar-refractivity contribution >= 4 is 11.6 Å². The standard InChI is InChI=1S/C45H48F2N2O7/c1-2-39(50)43(53)44(54)41(52)26-48-25-28-3-7-30(8-4-28)31-9-5-29(6-10-31)27-56-37-21-13-33(14-22-37)42-38(23-24-40(51)32-11-15-34(46)16-12-32)45(55)49(42)36-19-17-35(47)18-20-36/h3-22,38-44,48,50-54H,2,23-27H2,1H3. The predicted octanol–water partition coefficient (Wildman–Crippen LogP) is 6.37. The van der Waals surface area contributed by atoms with Gasteiger partial charge in [-0.15, -0.1) is 0 Å². The molecule has 7 unspecified atom stereocenters. The zero-order chi connectivity index (χ0) is 39.8. The summed E-state index contributed by atoms with van der Waals surface area (Å²) in [5.41, 5.74) is 6.06. The van der Waals surface area contributed by atoms with Crippen LogP contribution in [0.1, 0.15) is 60.6 Å². The summed E-state index contributed by atoms with van der Waals surface area (Å²) in [7, 11) is 0. The van der Waals surface area contributed by atoms with Gasteiger partial charge in [-0.25, -0.2) is 8.78 Å². The Morgan fingerprint density at radius 1 is 0.696 bits per heavy atom. The first-order chi connectivity index (χ1) is 27.0. The molecule has 1 aliphatic heterocycles. The molecule has 1 saturated heterocycles. The maximum atomic E-state index is 13.7. The summed E-state index contributed by atoms with van der Waals surface area (Å²) in [4.78, 5) is 15.1. The highest BCUT2D eigenvalue weighted by Gasteiger charge is 2.48. The van der Waals surface area contributed by atoms with Gasteiger partial charge < -0.3 is 40.5 Å². The first kappa shape index (κ1) is 40.6. The highest BCUT2D eigenvalue weighted by atomic mass is 19.1. The number of hydrogen-bond donors (Lipinski definition) is 6. The van der Waals surface area contributed by atoms with Gasteiger partial charge in [-0.3, -0.25) is 4.79 Å². The second-order valence-corrected chi connectivity index (χ2v) is 14.3. The van der Waals surface area contributed by atoms with E-state index >= 15 is 0 Å². The van der Waals surface area contributed by atoms with Gasteiger partial charge in [0.25, 0.3) is 0 Å². The molecule has 9 nitrogen and oxygen atoms in total. The number of hydrogen-bond acceptors (Lipinski definition) is 8. The van der Waals surface area contributed by atoms with Crippen molar-refractivity contribution in [1.82, 2.24) is 5.32 Å². The number of β-lactam (4-membered cyclic amide) rings is 1. The van der Waals surface area contributed by atoms with Crippen molar-refractivity contribution in [2.24, 2.45) is 5.92 Å². The first-order valence-corrected chi connectivity index (χ1v) is 18.9. The van der Waals surface area contributed by atoms with Crippen molar-refractivity contribution in [3.63, 3.8) is 0 Å². The molecule has 11 heteroatoms. The molecule has 5 aromatic carbocycles. The highest BCUT2D eigenvalue weighted by Crippen LogP contribution is 2.46. The lowest BCUT2D eigenvalue weighted by Crippen LogP contribution is -2.55. The van der Waals surface area contributed by atoms with Gasteiger partial charge in [0.05, 0.1) is 30.3 Å². The third-order valence-electron chi connectivity index (χ3n) is 10.4. The van der Waals surface area contributed by atoms with Crippen LogP contribution in [-0.4, -0.2) is 62.4 Å². The van der Waals surface area contributed by atoms with E-state index < -0.39 is 42.3 Å². The summed E-state index contributed by atoms with van der Waals surface area (Å²) in [5.74, 6) is -0.645. The van der Waals surface area contributed by atoms with E-state index in [1.54, 1.807) is 36.1 Å². The zero-order valence-electron chi connectivity index (χ0n) is 31.1. The SMILES string of the molecule is CCC(O)C(O)C(O)C(O)CNCc1ccc(-c2ccc(COc3ccc(C4C(CCC(O)c5ccc(F)cc5)C(=O)N4c4ccc(F)cc4)cc3)cc2)cc1. The zero-order valence-corrected chi connectivity index (χ0v) is 31.1. The maximum Gasteiger partial charge on any atom is 0.233 e. The molecular formula is C45H48F2N2O7. The first-order valence-electron chi connectivity index (χ1n) is 18.9. The fourth-order valence-electron chi connectivity index (χ4n) is 7.01. The summed E-state index contributed by atoms with van der Waals surface area (Å²) in [6.45, 7) is 2.52. The lowest BCUT2D eigenvalue weighted by molar-refractivity contribution is -0.131. The Kier molecular flexibility index (Phi) is 13.6. The van der Waals surface area contributed by atoms with Crippen molar-refractivity contribution in [2.75, 3.05) is 11.4 Å².